The summed E-state index contributed by atoms with van der Waals surface area (Å²) in [4.78, 5) is 59.0. The Morgan fingerprint density at radius 3 is 1.87 bits per heavy atom. The minimum atomic E-state index is -1.41. The zero-order valence-electron chi connectivity index (χ0n) is 16.6. The number of amides is 1. The molecule has 1 atom stereocenters. The fourth-order valence-corrected chi connectivity index (χ4v) is 3.29. The number of carboxylic acids is 1. The maximum atomic E-state index is 12.5. The third kappa shape index (κ3) is 6.96. The highest BCUT2D eigenvalue weighted by Crippen LogP contribution is 2.24. The first-order valence-corrected chi connectivity index (χ1v) is 9.93. The second-order valence-corrected chi connectivity index (χ2v) is 7.14. The third-order valence-electron chi connectivity index (χ3n) is 3.73. The van der Waals surface area contributed by atoms with Crippen LogP contribution < -0.4 is 14.8 Å². The molecule has 0 aliphatic carbocycles. The lowest BCUT2D eigenvalue weighted by Gasteiger charge is -2.15. The number of nitrogens with one attached hydrogen (secondary N) is 1. The van der Waals surface area contributed by atoms with Gasteiger partial charge in [-0.2, -0.15) is 0 Å². The molecule has 1 unspecified atom stereocenters. The fourth-order valence-electron chi connectivity index (χ4n) is 2.42. The first-order chi connectivity index (χ1) is 14.7. The van der Waals surface area contributed by atoms with Crippen LogP contribution in [-0.4, -0.2) is 45.8 Å². The van der Waals surface area contributed by atoms with E-state index >= 15 is 0 Å². The van der Waals surface area contributed by atoms with Gasteiger partial charge in [-0.25, -0.2) is 4.79 Å². The summed E-state index contributed by atoms with van der Waals surface area (Å²) in [5.41, 5.74) is 0.0684. The largest absolute Gasteiger partial charge is 0.480 e. The summed E-state index contributed by atoms with van der Waals surface area (Å²) in [7, 11) is 0. The molecule has 162 valence electrons. The van der Waals surface area contributed by atoms with Crippen LogP contribution in [0.1, 0.15) is 34.6 Å². The van der Waals surface area contributed by atoms with Crippen molar-refractivity contribution >= 4 is 40.7 Å². The van der Waals surface area contributed by atoms with Gasteiger partial charge in [-0.1, -0.05) is 36.0 Å². The average Bonchev–Trinajstić information content (AvgIpc) is 2.70. The maximum Gasteiger partial charge on any atom is 0.327 e. The molecule has 0 radical (unpaired) electrons. The van der Waals surface area contributed by atoms with Crippen molar-refractivity contribution < 1.29 is 38.6 Å². The number of hydrogen-bond acceptors (Lipinski definition) is 8. The van der Waals surface area contributed by atoms with E-state index < -0.39 is 35.0 Å². The van der Waals surface area contributed by atoms with Gasteiger partial charge in [0.25, 0.3) is 5.91 Å². The number of carboxylic acid groups (broad SMARTS) is 1. The lowest BCUT2D eigenvalue weighted by molar-refractivity contribution is -0.138. The quantitative estimate of drug-likeness (QED) is 0.463. The van der Waals surface area contributed by atoms with E-state index in [1.54, 1.807) is 18.2 Å². The second-order valence-electron chi connectivity index (χ2n) is 6.14. The molecule has 0 saturated heterocycles. The lowest BCUT2D eigenvalue weighted by Crippen LogP contribution is -2.43. The monoisotopic (exact) mass is 445 g/mol. The standard InChI is InChI=1S/C21H19NO8S/c1-12(23)29-17-9-5-3-7-14(17)19(25)22-16(20(26)27)11-31-21(28)15-8-4-6-10-18(15)30-13(2)24/h3-10,16H,11H2,1-2H3,(H,22,25)(H,26,27). The van der Waals surface area contributed by atoms with Crippen LogP contribution in [0.5, 0.6) is 11.5 Å². The third-order valence-corrected chi connectivity index (χ3v) is 4.71. The van der Waals surface area contributed by atoms with Crippen LogP contribution in [0.15, 0.2) is 48.5 Å². The van der Waals surface area contributed by atoms with Crippen LogP contribution in [0, 0.1) is 0 Å². The fraction of sp³-hybridized carbons (Fsp3) is 0.190. The Bertz CT molecular complexity index is 1020. The van der Waals surface area contributed by atoms with E-state index in [1.165, 1.54) is 44.2 Å². The molecule has 2 rings (SSSR count). The highest BCUT2D eigenvalue weighted by atomic mass is 32.2. The molecule has 0 aromatic heterocycles. The van der Waals surface area contributed by atoms with Crippen LogP contribution in [0.3, 0.4) is 0 Å². The van der Waals surface area contributed by atoms with Crippen LogP contribution in [0.2, 0.25) is 0 Å². The molecule has 1 amide bonds. The van der Waals surface area contributed by atoms with Gasteiger partial charge in [0, 0.05) is 19.6 Å². The van der Waals surface area contributed by atoms with E-state index in [0.29, 0.717) is 11.8 Å². The molecule has 10 heteroatoms. The van der Waals surface area contributed by atoms with Crippen molar-refractivity contribution in [3.05, 3.63) is 59.7 Å². The second kappa shape index (κ2) is 10.9. The van der Waals surface area contributed by atoms with Gasteiger partial charge in [0.15, 0.2) is 0 Å². The van der Waals surface area contributed by atoms with Crippen molar-refractivity contribution in [2.24, 2.45) is 0 Å². The van der Waals surface area contributed by atoms with Gasteiger partial charge in [0.2, 0.25) is 5.12 Å². The van der Waals surface area contributed by atoms with Gasteiger partial charge < -0.3 is 19.9 Å². The van der Waals surface area contributed by atoms with E-state index in [-0.39, 0.29) is 28.4 Å². The zero-order valence-corrected chi connectivity index (χ0v) is 17.4. The Balaban J connectivity index is 2.11. The number of thioether (sulfide) groups is 1. The number of rotatable bonds is 8. The molecule has 31 heavy (non-hydrogen) atoms. The predicted octanol–water partition coefficient (Wildman–Crippen LogP) is 2.29. The number of carbonyl (C=O) groups is 5. The molecular formula is C21H19NO8S. The predicted molar refractivity (Wildman–Crippen MR) is 111 cm³/mol. The van der Waals surface area contributed by atoms with E-state index in [0.717, 1.165) is 0 Å². The number of carbonyl (C=O) groups excluding carboxylic acids is 4. The number of para-hydroxylation sites is 2. The molecule has 0 spiro atoms. The Labute approximate surface area is 181 Å². The van der Waals surface area contributed by atoms with Crippen LogP contribution in [-0.2, 0) is 14.4 Å². The Hall–Kier alpha value is -3.66. The van der Waals surface area contributed by atoms with E-state index in [2.05, 4.69) is 5.32 Å². The minimum absolute atomic E-state index is 0.0179. The van der Waals surface area contributed by atoms with Crippen molar-refractivity contribution in [1.82, 2.24) is 5.32 Å². The topological polar surface area (TPSA) is 136 Å². The smallest absolute Gasteiger partial charge is 0.327 e. The maximum absolute atomic E-state index is 12.5. The average molecular weight is 445 g/mol. The van der Waals surface area contributed by atoms with Gasteiger partial charge in [0.1, 0.15) is 17.5 Å². The van der Waals surface area contributed by atoms with Crippen LogP contribution in [0.4, 0.5) is 0 Å². The molecule has 0 bridgehead atoms. The molecule has 2 aromatic rings. The Morgan fingerprint density at radius 2 is 1.35 bits per heavy atom. The van der Waals surface area contributed by atoms with E-state index in [9.17, 15) is 29.1 Å². The molecule has 0 aliphatic heterocycles. The molecule has 2 N–H and O–H groups in total. The van der Waals surface area contributed by atoms with Crippen molar-refractivity contribution in [2.45, 2.75) is 19.9 Å². The first-order valence-electron chi connectivity index (χ1n) is 8.94. The van der Waals surface area contributed by atoms with Crippen molar-refractivity contribution in [1.29, 1.82) is 0 Å². The van der Waals surface area contributed by atoms with Gasteiger partial charge in [-0.05, 0) is 24.3 Å². The number of hydrogen-bond donors (Lipinski definition) is 2. The summed E-state index contributed by atoms with van der Waals surface area (Å²) in [6.07, 6.45) is 0. The first kappa shape index (κ1) is 23.6. The number of ether oxygens (including phenoxy) is 2. The van der Waals surface area contributed by atoms with Gasteiger partial charge in [-0.3, -0.25) is 19.2 Å². The Kier molecular flexibility index (Phi) is 8.33. The summed E-state index contributed by atoms with van der Waals surface area (Å²) >= 11 is 0.648. The highest BCUT2D eigenvalue weighted by Gasteiger charge is 2.25. The van der Waals surface area contributed by atoms with Crippen LogP contribution >= 0.6 is 11.8 Å². The van der Waals surface area contributed by atoms with Gasteiger partial charge in [0.05, 0.1) is 11.1 Å². The summed E-state index contributed by atoms with van der Waals surface area (Å²) in [6, 6.07) is 10.5. The van der Waals surface area contributed by atoms with Crippen molar-refractivity contribution in [2.75, 3.05) is 5.75 Å². The summed E-state index contributed by atoms with van der Waals surface area (Å²) in [5.74, 6) is -3.63. The summed E-state index contributed by atoms with van der Waals surface area (Å²) in [6.45, 7) is 2.36. The molecule has 0 heterocycles. The highest BCUT2D eigenvalue weighted by molar-refractivity contribution is 8.14. The number of esters is 2. The van der Waals surface area contributed by atoms with Crippen molar-refractivity contribution in [3.8, 4) is 11.5 Å². The van der Waals surface area contributed by atoms with Crippen molar-refractivity contribution in [3.63, 3.8) is 0 Å². The minimum Gasteiger partial charge on any atom is -0.480 e. The molecule has 2 aromatic carbocycles. The van der Waals surface area contributed by atoms with Gasteiger partial charge >= 0.3 is 17.9 Å². The Morgan fingerprint density at radius 1 is 0.871 bits per heavy atom. The SMILES string of the molecule is CC(=O)Oc1ccccc1C(=O)NC(CSC(=O)c1ccccc1OC(C)=O)C(=O)O. The molecule has 9 nitrogen and oxygen atoms in total. The lowest BCUT2D eigenvalue weighted by atomic mass is 10.1. The zero-order chi connectivity index (χ0) is 23.0. The molecule has 0 aliphatic rings. The van der Waals surface area contributed by atoms with Gasteiger partial charge in [-0.15, -0.1) is 0 Å². The number of aliphatic carboxylic acids is 1. The summed E-state index contributed by atoms with van der Waals surface area (Å²) in [5, 5.41) is 11.2. The normalized spacial score (nSPS) is 11.2. The van der Waals surface area contributed by atoms with E-state index in [1.807, 2.05) is 0 Å². The molecule has 0 saturated carbocycles. The molecule has 0 fully saturated rings. The molecular weight excluding hydrogens is 426 g/mol. The van der Waals surface area contributed by atoms with E-state index in [4.69, 9.17) is 9.47 Å². The number of benzene rings is 2. The van der Waals surface area contributed by atoms with Crippen LogP contribution in [0.25, 0.3) is 0 Å². The summed E-state index contributed by atoms with van der Waals surface area (Å²) < 4.78 is 9.95.